The van der Waals surface area contributed by atoms with Gasteiger partial charge < -0.3 is 5.11 Å². The van der Waals surface area contributed by atoms with E-state index in [-0.39, 0.29) is 5.02 Å². The van der Waals surface area contributed by atoms with E-state index in [1.807, 2.05) is 0 Å². The van der Waals surface area contributed by atoms with Gasteiger partial charge in [0.1, 0.15) is 5.82 Å². The first-order valence-corrected chi connectivity index (χ1v) is 6.57. The van der Waals surface area contributed by atoms with Crippen LogP contribution in [-0.4, -0.2) is 10.7 Å². The van der Waals surface area contributed by atoms with E-state index < -0.39 is 11.4 Å². The summed E-state index contributed by atoms with van der Waals surface area (Å²) in [6, 6.07) is 4.79. The molecule has 2 unspecified atom stereocenters. The molecule has 1 aromatic rings. The minimum atomic E-state index is -0.696. The highest BCUT2D eigenvalue weighted by atomic mass is 35.5. The molecule has 1 aliphatic rings. The second kappa shape index (κ2) is 4.95. The van der Waals surface area contributed by atoms with Crippen molar-refractivity contribution in [2.45, 2.75) is 44.6 Å². The highest BCUT2D eigenvalue weighted by Gasteiger charge is 2.36. The third kappa shape index (κ3) is 2.80. The quantitative estimate of drug-likeness (QED) is 0.868. The Labute approximate surface area is 107 Å². The topological polar surface area (TPSA) is 20.2 Å². The predicted octanol–water partition coefficient (Wildman–Crippen LogP) is 3.96. The summed E-state index contributed by atoms with van der Waals surface area (Å²) in [7, 11) is 0. The van der Waals surface area contributed by atoms with Gasteiger partial charge in [-0.3, -0.25) is 0 Å². The van der Waals surface area contributed by atoms with Crippen molar-refractivity contribution in [1.29, 1.82) is 0 Å². The van der Waals surface area contributed by atoms with Crippen molar-refractivity contribution in [3.05, 3.63) is 34.6 Å². The van der Waals surface area contributed by atoms with Gasteiger partial charge in [-0.25, -0.2) is 4.39 Å². The lowest BCUT2D eigenvalue weighted by atomic mass is 9.91. The summed E-state index contributed by atoms with van der Waals surface area (Å²) in [6.45, 7) is 2.14. The molecule has 1 aliphatic carbocycles. The lowest BCUT2D eigenvalue weighted by Crippen LogP contribution is -2.28. The van der Waals surface area contributed by atoms with Crippen molar-refractivity contribution in [2.24, 2.45) is 5.92 Å². The molecule has 1 N–H and O–H groups in total. The first-order chi connectivity index (χ1) is 8.04. The molecule has 2 atom stereocenters. The van der Waals surface area contributed by atoms with Gasteiger partial charge in [0.15, 0.2) is 0 Å². The molecule has 0 aromatic heterocycles. The minimum Gasteiger partial charge on any atom is -0.390 e. The lowest BCUT2D eigenvalue weighted by Gasteiger charge is -2.23. The fourth-order valence-electron chi connectivity index (χ4n) is 2.76. The van der Waals surface area contributed by atoms with Crippen LogP contribution in [0.1, 0.15) is 38.2 Å². The van der Waals surface area contributed by atoms with Gasteiger partial charge in [-0.15, -0.1) is 0 Å². The van der Waals surface area contributed by atoms with Crippen LogP contribution in [0.3, 0.4) is 0 Å². The number of benzene rings is 1. The average Bonchev–Trinajstić information content (AvgIpc) is 2.67. The molecule has 94 valence electrons. The van der Waals surface area contributed by atoms with Crippen molar-refractivity contribution in [3.63, 3.8) is 0 Å². The zero-order valence-corrected chi connectivity index (χ0v) is 10.8. The molecule has 1 fully saturated rings. The van der Waals surface area contributed by atoms with E-state index in [9.17, 15) is 9.50 Å². The van der Waals surface area contributed by atoms with Crippen LogP contribution in [0.25, 0.3) is 0 Å². The molecule has 0 spiro atoms. The van der Waals surface area contributed by atoms with Gasteiger partial charge in [0.05, 0.1) is 10.6 Å². The highest BCUT2D eigenvalue weighted by Crippen LogP contribution is 2.39. The Bertz CT molecular complexity index is 407. The maximum Gasteiger partial charge on any atom is 0.142 e. The molecule has 0 heterocycles. The SMILES string of the molecule is CCC1CCC(O)(Cc2cccc(F)c2Cl)C1. The van der Waals surface area contributed by atoms with Crippen LogP contribution in [0.4, 0.5) is 4.39 Å². The van der Waals surface area contributed by atoms with E-state index in [1.54, 1.807) is 12.1 Å². The molecular weight excluding hydrogens is 239 g/mol. The molecule has 17 heavy (non-hydrogen) atoms. The standard InChI is InChI=1S/C14H18ClFO/c1-2-10-6-7-14(17,8-10)9-11-4-3-5-12(16)13(11)15/h3-5,10,17H,2,6-9H2,1H3. The van der Waals surface area contributed by atoms with Gasteiger partial charge in [0.2, 0.25) is 0 Å². The van der Waals surface area contributed by atoms with Crippen LogP contribution < -0.4 is 0 Å². The third-order valence-electron chi connectivity index (χ3n) is 3.82. The Morgan fingerprint density at radius 1 is 1.53 bits per heavy atom. The Balaban J connectivity index is 2.13. The fraction of sp³-hybridized carbons (Fsp3) is 0.571. The maximum absolute atomic E-state index is 13.3. The van der Waals surface area contributed by atoms with Crippen LogP contribution >= 0.6 is 11.6 Å². The molecule has 0 saturated heterocycles. The van der Waals surface area contributed by atoms with Gasteiger partial charge in [-0.1, -0.05) is 37.1 Å². The van der Waals surface area contributed by atoms with Gasteiger partial charge >= 0.3 is 0 Å². The normalized spacial score (nSPS) is 28.6. The Morgan fingerprint density at radius 3 is 2.94 bits per heavy atom. The largest absolute Gasteiger partial charge is 0.390 e. The summed E-state index contributed by atoms with van der Waals surface area (Å²) < 4.78 is 13.3. The van der Waals surface area contributed by atoms with E-state index in [0.29, 0.717) is 17.9 Å². The van der Waals surface area contributed by atoms with Gasteiger partial charge in [0.25, 0.3) is 0 Å². The second-order valence-corrected chi connectivity index (χ2v) is 5.51. The maximum atomic E-state index is 13.3. The zero-order valence-electron chi connectivity index (χ0n) is 10.0. The van der Waals surface area contributed by atoms with E-state index in [1.165, 1.54) is 6.07 Å². The third-order valence-corrected chi connectivity index (χ3v) is 4.24. The number of aliphatic hydroxyl groups is 1. The van der Waals surface area contributed by atoms with Gasteiger partial charge in [-0.2, -0.15) is 0 Å². The molecule has 0 bridgehead atoms. The number of halogens is 2. The Morgan fingerprint density at radius 2 is 2.29 bits per heavy atom. The smallest absolute Gasteiger partial charge is 0.142 e. The molecule has 3 heteroatoms. The van der Waals surface area contributed by atoms with Crippen molar-refractivity contribution >= 4 is 11.6 Å². The minimum absolute atomic E-state index is 0.154. The predicted molar refractivity (Wildman–Crippen MR) is 67.7 cm³/mol. The molecular formula is C14H18ClFO. The molecule has 0 radical (unpaired) electrons. The van der Waals surface area contributed by atoms with E-state index >= 15 is 0 Å². The van der Waals surface area contributed by atoms with Gasteiger partial charge in [-0.05, 0) is 36.8 Å². The molecule has 1 saturated carbocycles. The highest BCUT2D eigenvalue weighted by molar-refractivity contribution is 6.31. The van der Waals surface area contributed by atoms with Crippen molar-refractivity contribution < 1.29 is 9.50 Å². The summed E-state index contributed by atoms with van der Waals surface area (Å²) in [5.74, 6) is 0.185. The van der Waals surface area contributed by atoms with Crippen molar-refractivity contribution in [3.8, 4) is 0 Å². The first kappa shape index (κ1) is 12.8. The monoisotopic (exact) mass is 256 g/mol. The molecule has 2 rings (SSSR count). The number of hydrogen-bond donors (Lipinski definition) is 1. The molecule has 0 amide bonds. The van der Waals surface area contributed by atoms with Crippen LogP contribution in [-0.2, 0) is 6.42 Å². The van der Waals surface area contributed by atoms with E-state index in [0.717, 1.165) is 25.7 Å². The van der Waals surface area contributed by atoms with Crippen molar-refractivity contribution in [1.82, 2.24) is 0 Å². The van der Waals surface area contributed by atoms with Crippen LogP contribution in [0.15, 0.2) is 18.2 Å². The summed E-state index contributed by atoms with van der Waals surface area (Å²) in [5, 5.41) is 10.6. The Hall–Kier alpha value is -0.600. The van der Waals surface area contributed by atoms with Crippen LogP contribution in [0, 0.1) is 11.7 Å². The molecule has 1 aromatic carbocycles. The molecule has 1 nitrogen and oxygen atoms in total. The van der Waals surface area contributed by atoms with Crippen LogP contribution in [0.2, 0.25) is 5.02 Å². The van der Waals surface area contributed by atoms with Crippen molar-refractivity contribution in [2.75, 3.05) is 0 Å². The zero-order chi connectivity index (χ0) is 12.5. The van der Waals surface area contributed by atoms with E-state index in [4.69, 9.17) is 11.6 Å². The number of hydrogen-bond acceptors (Lipinski definition) is 1. The first-order valence-electron chi connectivity index (χ1n) is 6.19. The molecule has 0 aliphatic heterocycles. The number of rotatable bonds is 3. The lowest BCUT2D eigenvalue weighted by molar-refractivity contribution is 0.0436. The Kier molecular flexibility index (Phi) is 3.74. The average molecular weight is 257 g/mol. The van der Waals surface area contributed by atoms with Gasteiger partial charge in [0, 0.05) is 6.42 Å². The second-order valence-electron chi connectivity index (χ2n) is 5.13. The summed E-state index contributed by atoms with van der Waals surface area (Å²) in [4.78, 5) is 0. The summed E-state index contributed by atoms with van der Waals surface area (Å²) in [6.07, 6.45) is 4.20. The van der Waals surface area contributed by atoms with E-state index in [2.05, 4.69) is 6.92 Å². The summed E-state index contributed by atoms with van der Waals surface area (Å²) >= 11 is 5.92. The summed E-state index contributed by atoms with van der Waals surface area (Å²) in [5.41, 5.74) is 0.0175. The fourth-order valence-corrected chi connectivity index (χ4v) is 2.96. The van der Waals surface area contributed by atoms with Crippen LogP contribution in [0.5, 0.6) is 0 Å².